The number of fused-ring (bicyclic) bond motifs is 3. The lowest BCUT2D eigenvalue weighted by Crippen LogP contribution is -2.51. The lowest BCUT2D eigenvalue weighted by atomic mass is 9.60. The second kappa shape index (κ2) is 7.92. The zero-order valence-electron chi connectivity index (χ0n) is 20.2. The van der Waals surface area contributed by atoms with E-state index in [4.69, 9.17) is 11.6 Å². The van der Waals surface area contributed by atoms with Crippen LogP contribution in [0.3, 0.4) is 0 Å². The number of nitrogens with zero attached hydrogens (tertiary/aromatic N) is 3. The highest BCUT2D eigenvalue weighted by Gasteiger charge is 2.61. The fraction of sp³-hybridized carbons (Fsp3) is 0.207. The number of para-hydroxylation sites is 1. The lowest BCUT2D eigenvalue weighted by Gasteiger charge is -2.47. The Morgan fingerprint density at radius 2 is 1.78 bits per heavy atom. The number of halogens is 2. The number of Topliss-reactive ketones (excluding diaryl/α,β-unsaturated/α-hetero) is 1. The number of carbonyl (C=O) groups is 2. The van der Waals surface area contributed by atoms with E-state index in [1.807, 2.05) is 26.0 Å². The third-order valence-corrected chi connectivity index (χ3v) is 7.64. The lowest BCUT2D eigenvalue weighted by molar-refractivity contribution is -0.123. The van der Waals surface area contributed by atoms with Crippen LogP contribution < -0.4 is 10.2 Å². The van der Waals surface area contributed by atoms with Crippen LogP contribution in [0, 0.1) is 22.6 Å². The number of hydrogen-bond acceptors (Lipinski definition) is 4. The molecule has 37 heavy (non-hydrogen) atoms. The molecular weight excluding hydrogens is 491 g/mol. The van der Waals surface area contributed by atoms with Crippen molar-refractivity contribution in [2.45, 2.75) is 32.1 Å². The fourth-order valence-electron chi connectivity index (χ4n) is 5.95. The maximum absolute atomic E-state index is 14.2. The molecule has 0 saturated heterocycles. The van der Waals surface area contributed by atoms with E-state index in [0.29, 0.717) is 34.9 Å². The van der Waals surface area contributed by atoms with E-state index in [2.05, 4.69) is 11.4 Å². The van der Waals surface area contributed by atoms with E-state index in [0.717, 1.165) is 0 Å². The predicted molar refractivity (Wildman–Crippen MR) is 139 cm³/mol. The summed E-state index contributed by atoms with van der Waals surface area (Å²) in [5.74, 6) is -0.821. The molecule has 8 heteroatoms. The molecule has 0 fully saturated rings. The summed E-state index contributed by atoms with van der Waals surface area (Å²) < 4.78 is 16.0. The molecule has 6 rings (SSSR count). The van der Waals surface area contributed by atoms with Crippen molar-refractivity contribution < 1.29 is 14.0 Å². The second-order valence-corrected chi connectivity index (χ2v) is 10.8. The molecule has 1 aromatic heterocycles. The van der Waals surface area contributed by atoms with Gasteiger partial charge < -0.3 is 9.88 Å². The largest absolute Gasteiger partial charge is 0.324 e. The van der Waals surface area contributed by atoms with E-state index in [1.54, 1.807) is 52.2 Å². The first-order chi connectivity index (χ1) is 17.7. The maximum atomic E-state index is 14.2. The molecule has 0 saturated carbocycles. The minimum Gasteiger partial charge on any atom is -0.324 e. The second-order valence-electron chi connectivity index (χ2n) is 10.3. The molecule has 1 atom stereocenters. The average Bonchev–Trinajstić information content (AvgIpc) is 3.47. The minimum atomic E-state index is -1.62. The number of rotatable bonds is 2. The van der Waals surface area contributed by atoms with Gasteiger partial charge in [-0.05, 0) is 48.2 Å². The molecule has 2 aliphatic heterocycles. The quantitative estimate of drug-likeness (QED) is 0.455. The van der Waals surface area contributed by atoms with Crippen LogP contribution in [0.5, 0.6) is 0 Å². The van der Waals surface area contributed by atoms with Crippen LogP contribution in [-0.2, 0) is 15.0 Å². The molecule has 1 amide bonds. The number of ketones is 1. The summed E-state index contributed by atoms with van der Waals surface area (Å²) >= 11 is 6.21. The molecule has 0 radical (unpaired) electrons. The number of amides is 1. The van der Waals surface area contributed by atoms with Gasteiger partial charge in [-0.25, -0.2) is 4.39 Å². The molecule has 3 heterocycles. The molecular formula is C29H22ClFN4O2. The summed E-state index contributed by atoms with van der Waals surface area (Å²) in [5, 5.41) is 13.6. The van der Waals surface area contributed by atoms with Gasteiger partial charge in [0, 0.05) is 47.0 Å². The van der Waals surface area contributed by atoms with Gasteiger partial charge >= 0.3 is 0 Å². The number of anilines is 2. The Labute approximate surface area is 218 Å². The first kappa shape index (κ1) is 23.3. The van der Waals surface area contributed by atoms with Crippen molar-refractivity contribution in [1.29, 1.82) is 5.26 Å². The summed E-state index contributed by atoms with van der Waals surface area (Å²) in [6.07, 6.45) is 4.22. The van der Waals surface area contributed by atoms with Gasteiger partial charge in [-0.3, -0.25) is 14.5 Å². The minimum absolute atomic E-state index is 0.0874. The number of carbonyl (C=O) groups excluding carboxylic acids is 2. The van der Waals surface area contributed by atoms with E-state index in [-0.39, 0.29) is 28.4 Å². The van der Waals surface area contributed by atoms with Gasteiger partial charge in [0.1, 0.15) is 23.1 Å². The SMILES string of the molecule is CC1(C)CC(=O)C2=C(C1)N(c1ccc(F)c(Cl)c1)C(n1cccc1)=C(C#N)[C@]21C(=O)Nc2ccccc21. The number of benzene rings is 2. The van der Waals surface area contributed by atoms with Crippen molar-refractivity contribution in [2.24, 2.45) is 5.41 Å². The Morgan fingerprint density at radius 3 is 2.49 bits per heavy atom. The third kappa shape index (κ3) is 3.15. The molecule has 0 unspecified atom stereocenters. The van der Waals surface area contributed by atoms with Crippen molar-refractivity contribution in [1.82, 2.24) is 4.57 Å². The Morgan fingerprint density at radius 1 is 1.05 bits per heavy atom. The Bertz CT molecular complexity index is 1610. The number of nitriles is 1. The van der Waals surface area contributed by atoms with Gasteiger partial charge in [0.2, 0.25) is 5.91 Å². The Balaban J connectivity index is 1.79. The van der Waals surface area contributed by atoms with Crippen LogP contribution in [0.1, 0.15) is 32.3 Å². The van der Waals surface area contributed by atoms with Gasteiger partial charge in [0.25, 0.3) is 0 Å². The summed E-state index contributed by atoms with van der Waals surface area (Å²) in [4.78, 5) is 29.8. The highest BCUT2D eigenvalue weighted by atomic mass is 35.5. The molecule has 2 aromatic carbocycles. The summed E-state index contributed by atoms with van der Waals surface area (Å²) in [5.41, 5.74) is 0.573. The molecule has 6 nitrogen and oxygen atoms in total. The van der Waals surface area contributed by atoms with E-state index in [9.17, 15) is 19.2 Å². The first-order valence-corrected chi connectivity index (χ1v) is 12.3. The van der Waals surface area contributed by atoms with Crippen LogP contribution in [0.2, 0.25) is 5.02 Å². The normalized spacial score (nSPS) is 22.2. The maximum Gasteiger partial charge on any atom is 0.245 e. The summed E-state index contributed by atoms with van der Waals surface area (Å²) in [6.45, 7) is 4.00. The number of aromatic nitrogens is 1. The smallest absolute Gasteiger partial charge is 0.245 e. The Hall–Kier alpha value is -4.15. The average molecular weight is 513 g/mol. The highest BCUT2D eigenvalue weighted by Crippen LogP contribution is 2.58. The zero-order chi connectivity index (χ0) is 26.1. The zero-order valence-corrected chi connectivity index (χ0v) is 20.9. The molecule has 3 aliphatic rings. The topological polar surface area (TPSA) is 78.1 Å². The van der Waals surface area contributed by atoms with Crippen molar-refractivity contribution >= 4 is 40.5 Å². The summed E-state index contributed by atoms with van der Waals surface area (Å²) in [6, 6.07) is 17.4. The monoisotopic (exact) mass is 512 g/mol. The van der Waals surface area contributed by atoms with E-state index in [1.165, 1.54) is 12.1 Å². The van der Waals surface area contributed by atoms with Crippen LogP contribution >= 0.6 is 11.6 Å². The summed E-state index contributed by atoms with van der Waals surface area (Å²) in [7, 11) is 0. The van der Waals surface area contributed by atoms with Gasteiger partial charge in [0.05, 0.1) is 10.6 Å². The number of nitrogens with one attached hydrogen (secondary N) is 1. The van der Waals surface area contributed by atoms with Gasteiger partial charge in [-0.15, -0.1) is 0 Å². The van der Waals surface area contributed by atoms with Crippen molar-refractivity contribution in [2.75, 3.05) is 10.2 Å². The first-order valence-electron chi connectivity index (χ1n) is 11.9. The van der Waals surface area contributed by atoms with Crippen LogP contribution in [0.4, 0.5) is 15.8 Å². The molecule has 184 valence electrons. The van der Waals surface area contributed by atoms with E-state index < -0.39 is 22.6 Å². The van der Waals surface area contributed by atoms with Gasteiger partial charge in [0.15, 0.2) is 5.78 Å². The third-order valence-electron chi connectivity index (χ3n) is 7.35. The number of allylic oxidation sites excluding steroid dienone is 1. The Kier molecular flexibility index (Phi) is 4.98. The molecule has 1 N–H and O–H groups in total. The van der Waals surface area contributed by atoms with Crippen LogP contribution in [0.15, 0.2) is 83.8 Å². The van der Waals surface area contributed by atoms with Crippen molar-refractivity contribution in [3.8, 4) is 6.07 Å². The predicted octanol–water partition coefficient (Wildman–Crippen LogP) is 6.03. The standard InChI is InChI=1S/C29H22ClFN4O2/c1-28(2)14-23-25(24(36)15-28)29(18-7-3-4-8-22(18)33-27(29)37)19(16-32)26(34-11-5-6-12-34)35(23)17-9-10-21(31)20(30)13-17/h3-13H,14-15H2,1-2H3,(H,33,37)/t29-/m0/s1. The van der Waals surface area contributed by atoms with Crippen LogP contribution in [0.25, 0.3) is 5.82 Å². The molecule has 1 spiro atoms. The van der Waals surface area contributed by atoms with Gasteiger partial charge in [-0.1, -0.05) is 43.6 Å². The van der Waals surface area contributed by atoms with E-state index >= 15 is 0 Å². The highest BCUT2D eigenvalue weighted by molar-refractivity contribution is 6.31. The molecule has 3 aromatic rings. The number of hydrogen-bond donors (Lipinski definition) is 1. The van der Waals surface area contributed by atoms with Crippen LogP contribution in [-0.4, -0.2) is 16.3 Å². The molecule has 0 bridgehead atoms. The molecule has 1 aliphatic carbocycles. The van der Waals surface area contributed by atoms with Crippen molar-refractivity contribution in [3.63, 3.8) is 0 Å². The van der Waals surface area contributed by atoms with Gasteiger partial charge in [-0.2, -0.15) is 5.26 Å². The fourth-order valence-corrected chi connectivity index (χ4v) is 6.12. The van der Waals surface area contributed by atoms with Crippen molar-refractivity contribution in [3.05, 3.63) is 100 Å².